The Kier molecular flexibility index (Phi) is 3.36. The Bertz CT molecular complexity index is 201. The molecule has 2 nitrogen and oxygen atoms in total. The van der Waals surface area contributed by atoms with Crippen molar-refractivity contribution >= 4 is 0 Å². The van der Waals surface area contributed by atoms with Crippen molar-refractivity contribution < 1.29 is 4.74 Å². The lowest BCUT2D eigenvalue weighted by Gasteiger charge is -2.43. The maximum Gasteiger partial charge on any atom is 0.0801 e. The minimum absolute atomic E-state index is 0.0507. The Morgan fingerprint density at radius 1 is 1.27 bits per heavy atom. The molecule has 1 N–H and O–H groups in total. The number of morpholine rings is 1. The zero-order valence-corrected chi connectivity index (χ0v) is 10.4. The summed E-state index contributed by atoms with van der Waals surface area (Å²) in [5.74, 6) is 1.47. The largest absolute Gasteiger partial charge is 0.372 e. The first-order valence-electron chi connectivity index (χ1n) is 6.49. The zero-order valence-electron chi connectivity index (χ0n) is 10.4. The quantitative estimate of drug-likeness (QED) is 0.758. The molecule has 1 heterocycles. The van der Waals surface area contributed by atoms with Crippen molar-refractivity contribution in [3.05, 3.63) is 0 Å². The van der Waals surface area contributed by atoms with Gasteiger partial charge in [-0.1, -0.05) is 26.7 Å². The van der Waals surface area contributed by atoms with Crippen LogP contribution in [0.25, 0.3) is 0 Å². The molecule has 2 heteroatoms. The fraction of sp³-hybridized carbons (Fsp3) is 1.00. The molecule has 0 bridgehead atoms. The third kappa shape index (κ3) is 2.36. The van der Waals surface area contributed by atoms with Crippen LogP contribution in [0.3, 0.4) is 0 Å². The molecule has 88 valence electrons. The molecule has 1 saturated heterocycles. The van der Waals surface area contributed by atoms with Crippen LogP contribution in [-0.2, 0) is 4.74 Å². The maximum atomic E-state index is 6.09. The minimum Gasteiger partial charge on any atom is -0.372 e. The zero-order chi connectivity index (χ0) is 10.9. The second-order valence-corrected chi connectivity index (χ2v) is 5.81. The molecule has 0 aromatic rings. The minimum atomic E-state index is 0.0507. The van der Waals surface area contributed by atoms with Gasteiger partial charge >= 0.3 is 0 Å². The lowest BCUT2D eigenvalue weighted by atomic mass is 9.88. The highest BCUT2D eigenvalue weighted by molar-refractivity contribution is 4.91. The summed E-state index contributed by atoms with van der Waals surface area (Å²) >= 11 is 0. The van der Waals surface area contributed by atoms with E-state index >= 15 is 0 Å². The summed E-state index contributed by atoms with van der Waals surface area (Å²) < 4.78 is 6.09. The molecular weight excluding hydrogens is 186 g/mol. The molecule has 2 rings (SSSR count). The molecule has 0 amide bonds. The smallest absolute Gasteiger partial charge is 0.0801 e. The first-order valence-corrected chi connectivity index (χ1v) is 6.49. The Balaban J connectivity index is 1.86. The van der Waals surface area contributed by atoms with E-state index in [0.29, 0.717) is 12.0 Å². The molecule has 2 unspecified atom stereocenters. The lowest BCUT2D eigenvalue weighted by Crippen LogP contribution is -2.57. The van der Waals surface area contributed by atoms with Crippen molar-refractivity contribution in [2.45, 2.75) is 58.1 Å². The summed E-state index contributed by atoms with van der Waals surface area (Å²) in [7, 11) is 0. The van der Waals surface area contributed by atoms with Crippen LogP contribution in [0, 0.1) is 11.8 Å². The topological polar surface area (TPSA) is 21.3 Å². The Labute approximate surface area is 93.8 Å². The predicted molar refractivity (Wildman–Crippen MR) is 62.9 cm³/mol. The maximum absolute atomic E-state index is 6.09. The van der Waals surface area contributed by atoms with E-state index in [0.717, 1.165) is 19.1 Å². The van der Waals surface area contributed by atoms with Crippen molar-refractivity contribution in [1.29, 1.82) is 0 Å². The first-order chi connectivity index (χ1) is 7.12. The Hall–Kier alpha value is -0.0800. The molecule has 2 fully saturated rings. The fourth-order valence-corrected chi connectivity index (χ4v) is 2.76. The molecule has 1 aliphatic carbocycles. The second-order valence-electron chi connectivity index (χ2n) is 5.81. The molecule has 1 aliphatic heterocycles. The standard InChI is InChI=1S/C13H25NO/c1-10(2)13(3)9-14-12(8-15-13)11-6-4-5-7-11/h10-12,14H,4-9H2,1-3H3. The van der Waals surface area contributed by atoms with Crippen LogP contribution in [0.1, 0.15) is 46.5 Å². The van der Waals surface area contributed by atoms with Crippen molar-refractivity contribution in [1.82, 2.24) is 5.32 Å². The SMILES string of the molecule is CC(C)C1(C)CNC(C2CCCC2)CO1. The summed E-state index contributed by atoms with van der Waals surface area (Å²) in [6, 6.07) is 0.624. The highest BCUT2D eigenvalue weighted by atomic mass is 16.5. The van der Waals surface area contributed by atoms with Crippen molar-refractivity contribution in [3.8, 4) is 0 Å². The van der Waals surface area contributed by atoms with Crippen LogP contribution in [0.5, 0.6) is 0 Å². The van der Waals surface area contributed by atoms with Gasteiger partial charge in [-0.25, -0.2) is 0 Å². The third-order valence-electron chi connectivity index (χ3n) is 4.50. The van der Waals surface area contributed by atoms with Gasteiger partial charge in [0.25, 0.3) is 0 Å². The highest BCUT2D eigenvalue weighted by Gasteiger charge is 2.37. The van der Waals surface area contributed by atoms with E-state index in [1.807, 2.05) is 0 Å². The van der Waals surface area contributed by atoms with Crippen LogP contribution in [-0.4, -0.2) is 24.8 Å². The summed E-state index contributed by atoms with van der Waals surface area (Å²) in [6.45, 7) is 8.66. The predicted octanol–water partition coefficient (Wildman–Crippen LogP) is 2.58. The summed E-state index contributed by atoms with van der Waals surface area (Å²) in [4.78, 5) is 0. The van der Waals surface area contributed by atoms with Gasteiger partial charge in [0.15, 0.2) is 0 Å². The second kappa shape index (κ2) is 4.42. The number of hydrogen-bond donors (Lipinski definition) is 1. The van der Waals surface area contributed by atoms with Gasteiger partial charge in [-0.05, 0) is 31.6 Å². The van der Waals surface area contributed by atoms with Gasteiger partial charge < -0.3 is 10.1 Å². The van der Waals surface area contributed by atoms with Crippen molar-refractivity contribution in [2.75, 3.05) is 13.2 Å². The van der Waals surface area contributed by atoms with E-state index in [9.17, 15) is 0 Å². The van der Waals surface area contributed by atoms with Crippen LogP contribution in [0.2, 0.25) is 0 Å². The molecule has 1 saturated carbocycles. The number of hydrogen-bond acceptors (Lipinski definition) is 2. The van der Waals surface area contributed by atoms with Crippen LogP contribution >= 0.6 is 0 Å². The number of nitrogens with one attached hydrogen (secondary N) is 1. The average molecular weight is 211 g/mol. The van der Waals surface area contributed by atoms with E-state index in [-0.39, 0.29) is 5.60 Å². The third-order valence-corrected chi connectivity index (χ3v) is 4.50. The van der Waals surface area contributed by atoms with Crippen molar-refractivity contribution in [2.24, 2.45) is 11.8 Å². The molecule has 0 aromatic heterocycles. The Morgan fingerprint density at radius 2 is 1.93 bits per heavy atom. The number of rotatable bonds is 2. The van der Waals surface area contributed by atoms with Gasteiger partial charge in [0, 0.05) is 12.6 Å². The fourth-order valence-electron chi connectivity index (χ4n) is 2.76. The van der Waals surface area contributed by atoms with E-state index in [4.69, 9.17) is 4.74 Å². The first kappa shape index (κ1) is 11.4. The van der Waals surface area contributed by atoms with E-state index in [1.54, 1.807) is 0 Å². The molecule has 15 heavy (non-hydrogen) atoms. The monoisotopic (exact) mass is 211 g/mol. The van der Waals surface area contributed by atoms with E-state index < -0.39 is 0 Å². The normalized spacial score (nSPS) is 38.8. The van der Waals surface area contributed by atoms with Gasteiger partial charge in [-0.3, -0.25) is 0 Å². The molecule has 0 radical (unpaired) electrons. The van der Waals surface area contributed by atoms with E-state index in [1.165, 1.54) is 25.7 Å². The van der Waals surface area contributed by atoms with Crippen LogP contribution in [0.15, 0.2) is 0 Å². The van der Waals surface area contributed by atoms with Gasteiger partial charge in [-0.2, -0.15) is 0 Å². The average Bonchev–Trinajstić information content (AvgIpc) is 2.72. The van der Waals surface area contributed by atoms with Crippen LogP contribution < -0.4 is 5.32 Å². The van der Waals surface area contributed by atoms with Gasteiger partial charge in [0.05, 0.1) is 12.2 Å². The summed E-state index contributed by atoms with van der Waals surface area (Å²) in [5.41, 5.74) is 0.0507. The number of ether oxygens (including phenoxy) is 1. The Morgan fingerprint density at radius 3 is 2.40 bits per heavy atom. The molecule has 2 aliphatic rings. The molecule has 2 atom stereocenters. The molecule has 0 spiro atoms. The molecular formula is C13H25NO. The summed E-state index contributed by atoms with van der Waals surface area (Å²) in [5, 5.41) is 3.71. The van der Waals surface area contributed by atoms with Gasteiger partial charge in [0.1, 0.15) is 0 Å². The van der Waals surface area contributed by atoms with Crippen molar-refractivity contribution in [3.63, 3.8) is 0 Å². The lowest BCUT2D eigenvalue weighted by molar-refractivity contribution is -0.105. The summed E-state index contributed by atoms with van der Waals surface area (Å²) in [6.07, 6.45) is 5.65. The highest BCUT2D eigenvalue weighted by Crippen LogP contribution is 2.32. The molecule has 0 aromatic carbocycles. The van der Waals surface area contributed by atoms with Gasteiger partial charge in [-0.15, -0.1) is 0 Å². The van der Waals surface area contributed by atoms with E-state index in [2.05, 4.69) is 26.1 Å². The van der Waals surface area contributed by atoms with Gasteiger partial charge in [0.2, 0.25) is 0 Å². The van der Waals surface area contributed by atoms with Crippen LogP contribution in [0.4, 0.5) is 0 Å².